The van der Waals surface area contributed by atoms with E-state index in [0.29, 0.717) is 0 Å². The van der Waals surface area contributed by atoms with E-state index in [1.54, 1.807) is 7.11 Å². The molecule has 1 saturated heterocycles. The quantitative estimate of drug-likeness (QED) is 0.819. The molecule has 2 aromatic carbocycles. The minimum Gasteiger partial charge on any atom is -0.495 e. The molecule has 0 saturated carbocycles. The van der Waals surface area contributed by atoms with Gasteiger partial charge in [-0.25, -0.2) is 0 Å². The van der Waals surface area contributed by atoms with Gasteiger partial charge in [0, 0.05) is 37.7 Å². The zero-order valence-electron chi connectivity index (χ0n) is 14.2. The Morgan fingerprint density at radius 3 is 2.44 bits per heavy atom. The molecular formula is C19H22ClN3OS. The molecule has 0 radical (unpaired) electrons. The number of hydrogen-bond donors (Lipinski definition) is 1. The van der Waals surface area contributed by atoms with Gasteiger partial charge in [0.15, 0.2) is 5.11 Å². The van der Waals surface area contributed by atoms with Gasteiger partial charge in [0.1, 0.15) is 5.75 Å². The first-order chi connectivity index (χ1) is 12.2. The first-order valence-electron chi connectivity index (χ1n) is 8.31. The summed E-state index contributed by atoms with van der Waals surface area (Å²) in [5, 5.41) is 4.83. The van der Waals surface area contributed by atoms with Gasteiger partial charge in [0.05, 0.1) is 12.8 Å². The average Bonchev–Trinajstić information content (AvgIpc) is 2.64. The SMILES string of the molecule is COc1ccccc1NC(=S)N1CCN(Cc2ccc(Cl)cc2)CC1. The van der Waals surface area contributed by atoms with Gasteiger partial charge in [0.2, 0.25) is 0 Å². The summed E-state index contributed by atoms with van der Waals surface area (Å²) in [5.74, 6) is 0.797. The summed E-state index contributed by atoms with van der Waals surface area (Å²) in [6.45, 7) is 4.73. The summed E-state index contributed by atoms with van der Waals surface area (Å²) in [6, 6.07) is 15.9. The Kier molecular flexibility index (Phi) is 6.13. The molecular weight excluding hydrogens is 354 g/mol. The molecule has 0 amide bonds. The Balaban J connectivity index is 1.51. The van der Waals surface area contributed by atoms with Crippen molar-refractivity contribution in [1.29, 1.82) is 0 Å². The highest BCUT2D eigenvalue weighted by Gasteiger charge is 2.19. The van der Waals surface area contributed by atoms with E-state index in [4.69, 9.17) is 28.6 Å². The highest BCUT2D eigenvalue weighted by Crippen LogP contribution is 2.23. The van der Waals surface area contributed by atoms with Crippen LogP contribution in [0.2, 0.25) is 5.02 Å². The second-order valence-corrected chi connectivity index (χ2v) is 6.84. The summed E-state index contributed by atoms with van der Waals surface area (Å²) in [7, 11) is 1.67. The lowest BCUT2D eigenvalue weighted by Crippen LogP contribution is -2.49. The Bertz CT molecular complexity index is 715. The standard InChI is InChI=1S/C19H22ClN3OS/c1-24-18-5-3-2-4-17(18)21-19(25)23-12-10-22(11-13-23)14-15-6-8-16(20)9-7-15/h2-9H,10-14H2,1H3,(H,21,25). The van der Waals surface area contributed by atoms with Gasteiger partial charge in [-0.3, -0.25) is 4.90 Å². The van der Waals surface area contributed by atoms with Crippen molar-refractivity contribution in [2.24, 2.45) is 0 Å². The number of hydrogen-bond acceptors (Lipinski definition) is 3. The molecule has 25 heavy (non-hydrogen) atoms. The van der Waals surface area contributed by atoms with Crippen molar-refractivity contribution < 1.29 is 4.74 Å². The maximum absolute atomic E-state index is 5.95. The van der Waals surface area contributed by atoms with Gasteiger partial charge >= 0.3 is 0 Å². The van der Waals surface area contributed by atoms with Crippen LogP contribution in [0.25, 0.3) is 0 Å². The van der Waals surface area contributed by atoms with Crippen molar-refractivity contribution in [3.63, 3.8) is 0 Å². The van der Waals surface area contributed by atoms with Crippen LogP contribution in [0.5, 0.6) is 5.75 Å². The van der Waals surface area contributed by atoms with E-state index in [9.17, 15) is 0 Å². The summed E-state index contributed by atoms with van der Waals surface area (Å²) >= 11 is 11.5. The van der Waals surface area contributed by atoms with E-state index in [-0.39, 0.29) is 0 Å². The third kappa shape index (κ3) is 4.84. The number of ether oxygens (including phenoxy) is 1. The van der Waals surface area contributed by atoms with E-state index in [2.05, 4.69) is 27.2 Å². The first kappa shape index (κ1) is 18.0. The number of para-hydroxylation sites is 2. The Hall–Kier alpha value is -1.82. The second kappa shape index (κ2) is 8.52. The van der Waals surface area contributed by atoms with Crippen LogP contribution in [0.15, 0.2) is 48.5 Å². The van der Waals surface area contributed by atoms with Gasteiger partial charge in [-0.2, -0.15) is 0 Å². The third-order valence-electron chi connectivity index (χ3n) is 4.33. The van der Waals surface area contributed by atoms with Gasteiger partial charge in [0.25, 0.3) is 0 Å². The van der Waals surface area contributed by atoms with Crippen LogP contribution in [0.1, 0.15) is 5.56 Å². The van der Waals surface area contributed by atoms with E-state index in [1.165, 1.54) is 5.56 Å². The fourth-order valence-corrected chi connectivity index (χ4v) is 3.32. The monoisotopic (exact) mass is 375 g/mol. The maximum atomic E-state index is 5.95. The highest BCUT2D eigenvalue weighted by atomic mass is 35.5. The lowest BCUT2D eigenvalue weighted by atomic mass is 10.2. The molecule has 2 aromatic rings. The number of methoxy groups -OCH3 is 1. The topological polar surface area (TPSA) is 27.7 Å². The number of benzene rings is 2. The van der Waals surface area contributed by atoms with Crippen LogP contribution in [-0.4, -0.2) is 48.2 Å². The predicted molar refractivity (Wildman–Crippen MR) is 108 cm³/mol. The molecule has 1 aliphatic rings. The number of nitrogens with zero attached hydrogens (tertiary/aromatic N) is 2. The average molecular weight is 376 g/mol. The van der Waals surface area contributed by atoms with Crippen LogP contribution in [0.4, 0.5) is 5.69 Å². The molecule has 132 valence electrons. The molecule has 0 aliphatic carbocycles. The number of nitrogens with one attached hydrogen (secondary N) is 1. The van der Waals surface area contributed by atoms with E-state index >= 15 is 0 Å². The normalized spacial score (nSPS) is 15.0. The first-order valence-corrected chi connectivity index (χ1v) is 9.10. The van der Waals surface area contributed by atoms with Crippen LogP contribution < -0.4 is 10.1 Å². The minimum atomic E-state index is 0.746. The number of rotatable bonds is 4. The predicted octanol–water partition coefficient (Wildman–Crippen LogP) is 3.86. The van der Waals surface area contributed by atoms with E-state index in [0.717, 1.165) is 54.3 Å². The summed E-state index contributed by atoms with van der Waals surface area (Å²) < 4.78 is 5.37. The minimum absolute atomic E-state index is 0.746. The number of anilines is 1. The second-order valence-electron chi connectivity index (χ2n) is 6.02. The molecule has 3 rings (SSSR count). The molecule has 1 fully saturated rings. The van der Waals surface area contributed by atoms with Crippen molar-refractivity contribution in [3.05, 3.63) is 59.1 Å². The van der Waals surface area contributed by atoms with Gasteiger partial charge in [-0.1, -0.05) is 35.9 Å². The molecule has 1 aliphatic heterocycles. The summed E-state index contributed by atoms with van der Waals surface area (Å²) in [5.41, 5.74) is 2.19. The zero-order chi connectivity index (χ0) is 17.6. The molecule has 6 heteroatoms. The van der Waals surface area contributed by atoms with Crippen LogP contribution >= 0.6 is 23.8 Å². The molecule has 0 aromatic heterocycles. The smallest absolute Gasteiger partial charge is 0.173 e. The van der Waals surface area contributed by atoms with Crippen molar-refractivity contribution in [1.82, 2.24) is 9.80 Å². The molecule has 4 nitrogen and oxygen atoms in total. The van der Waals surface area contributed by atoms with Crippen molar-refractivity contribution in [2.75, 3.05) is 38.6 Å². The number of halogens is 1. The molecule has 0 bridgehead atoms. The Morgan fingerprint density at radius 2 is 1.76 bits per heavy atom. The lowest BCUT2D eigenvalue weighted by Gasteiger charge is -2.36. The molecule has 0 atom stereocenters. The van der Waals surface area contributed by atoms with Crippen molar-refractivity contribution in [2.45, 2.75) is 6.54 Å². The summed E-state index contributed by atoms with van der Waals surface area (Å²) in [6.07, 6.45) is 0. The van der Waals surface area contributed by atoms with Crippen molar-refractivity contribution in [3.8, 4) is 5.75 Å². The fourth-order valence-electron chi connectivity index (χ4n) is 2.90. The molecule has 1 N–H and O–H groups in total. The van der Waals surface area contributed by atoms with E-state index in [1.807, 2.05) is 36.4 Å². The Morgan fingerprint density at radius 1 is 1.08 bits per heavy atom. The van der Waals surface area contributed by atoms with Gasteiger partial charge < -0.3 is 15.0 Å². The maximum Gasteiger partial charge on any atom is 0.173 e. The Labute approximate surface area is 159 Å². The van der Waals surface area contributed by atoms with Gasteiger partial charge in [-0.05, 0) is 42.0 Å². The highest BCUT2D eigenvalue weighted by molar-refractivity contribution is 7.80. The van der Waals surface area contributed by atoms with E-state index < -0.39 is 0 Å². The van der Waals surface area contributed by atoms with Gasteiger partial charge in [-0.15, -0.1) is 0 Å². The lowest BCUT2D eigenvalue weighted by molar-refractivity contribution is 0.177. The summed E-state index contributed by atoms with van der Waals surface area (Å²) in [4.78, 5) is 4.64. The molecule has 1 heterocycles. The van der Waals surface area contributed by atoms with Crippen LogP contribution in [0, 0.1) is 0 Å². The molecule has 0 unspecified atom stereocenters. The molecule has 0 spiro atoms. The zero-order valence-corrected chi connectivity index (χ0v) is 15.8. The fraction of sp³-hybridized carbons (Fsp3) is 0.316. The largest absolute Gasteiger partial charge is 0.495 e. The van der Waals surface area contributed by atoms with Crippen LogP contribution in [0.3, 0.4) is 0 Å². The third-order valence-corrected chi connectivity index (χ3v) is 4.94. The van der Waals surface area contributed by atoms with Crippen molar-refractivity contribution >= 4 is 34.6 Å². The number of piperazine rings is 1. The number of thiocarbonyl (C=S) groups is 1. The van der Waals surface area contributed by atoms with Crippen LogP contribution in [-0.2, 0) is 6.54 Å².